The van der Waals surface area contributed by atoms with Crippen molar-refractivity contribution in [2.75, 3.05) is 0 Å². The molecule has 0 atom stereocenters. The highest BCUT2D eigenvalue weighted by Crippen LogP contribution is 2.13. The molecule has 4 heteroatoms. The fraction of sp³-hybridized carbons (Fsp3) is 0.0769. The third-order valence-corrected chi connectivity index (χ3v) is 2.56. The quantitative estimate of drug-likeness (QED) is 0.727. The maximum atomic E-state index is 4.50. The van der Waals surface area contributed by atoms with E-state index in [9.17, 15) is 0 Å². The lowest BCUT2D eigenvalue weighted by atomic mass is 10.3. The van der Waals surface area contributed by atoms with Crippen LogP contribution in [0.4, 0.5) is 0 Å². The lowest BCUT2D eigenvalue weighted by Crippen LogP contribution is -1.91. The maximum absolute atomic E-state index is 4.50. The molecule has 0 aliphatic rings. The van der Waals surface area contributed by atoms with Gasteiger partial charge in [0.05, 0.1) is 16.7 Å². The number of H-pyrrole nitrogens is 1. The largest absolute Gasteiger partial charge is 0.323 e. The number of hydrogen-bond donors (Lipinski definition) is 1. The molecule has 0 saturated heterocycles. The number of fused-ring (bicyclic) bond motifs is 1. The number of rotatable bonds is 2. The van der Waals surface area contributed by atoms with Crippen LogP contribution in [0.5, 0.6) is 0 Å². The number of benzene rings is 1. The average molecular weight is 224 g/mol. The van der Waals surface area contributed by atoms with Gasteiger partial charge in [-0.05, 0) is 25.1 Å². The van der Waals surface area contributed by atoms with Crippen molar-refractivity contribution in [2.45, 2.75) is 6.92 Å². The summed E-state index contributed by atoms with van der Waals surface area (Å²) in [6.45, 7) is 1.97. The molecule has 3 rings (SSSR count). The Bertz CT molecular complexity index is 642. The molecule has 2 aromatic heterocycles. The molecule has 4 nitrogen and oxygen atoms in total. The zero-order valence-electron chi connectivity index (χ0n) is 9.46. The van der Waals surface area contributed by atoms with E-state index in [-0.39, 0.29) is 0 Å². The number of imidazole rings is 2. The third kappa shape index (κ3) is 1.73. The summed E-state index contributed by atoms with van der Waals surface area (Å²) in [4.78, 5) is 12.0. The van der Waals surface area contributed by atoms with Crippen molar-refractivity contribution in [3.63, 3.8) is 0 Å². The molecule has 0 radical (unpaired) electrons. The second-order valence-corrected chi connectivity index (χ2v) is 3.78. The normalized spacial score (nSPS) is 11.6. The summed E-state index contributed by atoms with van der Waals surface area (Å²) in [6.07, 6.45) is 7.62. The Morgan fingerprint density at radius 1 is 1.29 bits per heavy atom. The van der Waals surface area contributed by atoms with Gasteiger partial charge in [0.1, 0.15) is 6.33 Å². The Morgan fingerprint density at radius 2 is 2.18 bits per heavy atom. The van der Waals surface area contributed by atoms with Crippen molar-refractivity contribution in [3.8, 4) is 5.95 Å². The number of aromatic amines is 1. The van der Waals surface area contributed by atoms with Gasteiger partial charge in [0.15, 0.2) is 0 Å². The highest BCUT2D eigenvalue weighted by Gasteiger charge is 2.04. The van der Waals surface area contributed by atoms with Crippen LogP contribution < -0.4 is 0 Å². The monoisotopic (exact) mass is 224 g/mol. The van der Waals surface area contributed by atoms with E-state index in [0.717, 1.165) is 22.7 Å². The highest BCUT2D eigenvalue weighted by atomic mass is 15.2. The first-order chi connectivity index (χ1) is 8.36. The molecule has 17 heavy (non-hydrogen) atoms. The number of nitrogens with one attached hydrogen (secondary N) is 1. The second kappa shape index (κ2) is 3.90. The molecule has 0 spiro atoms. The Hall–Kier alpha value is -2.36. The van der Waals surface area contributed by atoms with Gasteiger partial charge in [-0.15, -0.1) is 0 Å². The smallest absolute Gasteiger partial charge is 0.213 e. The minimum Gasteiger partial charge on any atom is -0.323 e. The van der Waals surface area contributed by atoms with E-state index in [1.165, 1.54) is 0 Å². The second-order valence-electron chi connectivity index (χ2n) is 3.78. The molecule has 0 saturated carbocycles. The number of aromatic nitrogens is 4. The molecule has 0 aliphatic carbocycles. The van der Waals surface area contributed by atoms with Crippen LogP contribution in [-0.4, -0.2) is 19.5 Å². The van der Waals surface area contributed by atoms with E-state index in [1.54, 1.807) is 6.33 Å². The molecule has 84 valence electrons. The van der Waals surface area contributed by atoms with E-state index in [1.807, 2.05) is 54.1 Å². The molecule has 0 amide bonds. The zero-order valence-corrected chi connectivity index (χ0v) is 9.46. The maximum Gasteiger partial charge on any atom is 0.213 e. The number of hydrogen-bond acceptors (Lipinski definition) is 2. The predicted octanol–water partition coefficient (Wildman–Crippen LogP) is 2.78. The SMILES string of the molecule is C/C=C/c1cn(-c2nc3ccccc3[nH]2)cn1. The molecule has 1 aromatic carbocycles. The van der Waals surface area contributed by atoms with E-state index in [2.05, 4.69) is 15.0 Å². The van der Waals surface area contributed by atoms with Crippen LogP contribution in [0.2, 0.25) is 0 Å². The Kier molecular flexibility index (Phi) is 2.26. The number of allylic oxidation sites excluding steroid dienone is 1. The van der Waals surface area contributed by atoms with Crippen LogP contribution in [0, 0.1) is 0 Å². The number of nitrogens with zero attached hydrogens (tertiary/aromatic N) is 3. The minimum absolute atomic E-state index is 0.787. The molecule has 0 bridgehead atoms. The van der Waals surface area contributed by atoms with Gasteiger partial charge in [0, 0.05) is 6.20 Å². The van der Waals surface area contributed by atoms with Crippen molar-refractivity contribution < 1.29 is 0 Å². The zero-order chi connectivity index (χ0) is 11.7. The van der Waals surface area contributed by atoms with Gasteiger partial charge in [-0.1, -0.05) is 18.2 Å². The van der Waals surface area contributed by atoms with Crippen molar-refractivity contribution in [3.05, 3.63) is 48.6 Å². The lowest BCUT2D eigenvalue weighted by Gasteiger charge is -1.92. The molecular weight excluding hydrogens is 212 g/mol. The molecule has 0 aliphatic heterocycles. The van der Waals surface area contributed by atoms with E-state index < -0.39 is 0 Å². The topological polar surface area (TPSA) is 46.5 Å². The van der Waals surface area contributed by atoms with E-state index >= 15 is 0 Å². The van der Waals surface area contributed by atoms with Gasteiger partial charge in [-0.3, -0.25) is 4.57 Å². The van der Waals surface area contributed by atoms with Crippen LogP contribution in [0.15, 0.2) is 42.9 Å². The Labute approximate surface area is 98.6 Å². The molecular formula is C13H12N4. The van der Waals surface area contributed by atoms with Gasteiger partial charge in [-0.2, -0.15) is 0 Å². The first-order valence-electron chi connectivity index (χ1n) is 5.48. The average Bonchev–Trinajstić information content (AvgIpc) is 2.94. The fourth-order valence-electron chi connectivity index (χ4n) is 1.77. The van der Waals surface area contributed by atoms with E-state index in [4.69, 9.17) is 0 Å². The van der Waals surface area contributed by atoms with Crippen LogP contribution >= 0.6 is 0 Å². The Morgan fingerprint density at radius 3 is 3.00 bits per heavy atom. The van der Waals surface area contributed by atoms with Gasteiger partial charge in [0.25, 0.3) is 0 Å². The molecule has 0 unspecified atom stereocenters. The summed E-state index contributed by atoms with van der Waals surface area (Å²) in [5.74, 6) is 0.787. The molecule has 2 heterocycles. The fourth-order valence-corrected chi connectivity index (χ4v) is 1.77. The minimum atomic E-state index is 0.787. The van der Waals surface area contributed by atoms with Gasteiger partial charge >= 0.3 is 0 Å². The van der Waals surface area contributed by atoms with Gasteiger partial charge in [-0.25, -0.2) is 9.97 Å². The van der Waals surface area contributed by atoms with E-state index in [0.29, 0.717) is 0 Å². The first kappa shape index (κ1) is 9.84. The first-order valence-corrected chi connectivity index (χ1v) is 5.48. The standard InChI is InChI=1S/C13H12N4/c1-2-5-10-8-17(9-14-10)13-15-11-6-3-4-7-12(11)16-13/h2-9H,1H3,(H,15,16)/b5-2+. The molecule has 3 aromatic rings. The number of para-hydroxylation sites is 2. The summed E-state index contributed by atoms with van der Waals surface area (Å²) >= 11 is 0. The lowest BCUT2D eigenvalue weighted by molar-refractivity contribution is 0.967. The molecule has 1 N–H and O–H groups in total. The summed E-state index contributed by atoms with van der Waals surface area (Å²) in [6, 6.07) is 7.96. The van der Waals surface area contributed by atoms with Crippen molar-refractivity contribution in [1.29, 1.82) is 0 Å². The Balaban J connectivity index is 2.07. The summed E-state index contributed by atoms with van der Waals surface area (Å²) in [7, 11) is 0. The highest BCUT2D eigenvalue weighted by molar-refractivity contribution is 5.75. The predicted molar refractivity (Wildman–Crippen MR) is 67.9 cm³/mol. The van der Waals surface area contributed by atoms with Crippen LogP contribution in [0.25, 0.3) is 23.1 Å². The summed E-state index contributed by atoms with van der Waals surface area (Å²) in [5, 5.41) is 0. The summed E-state index contributed by atoms with van der Waals surface area (Å²) in [5.41, 5.74) is 2.92. The third-order valence-electron chi connectivity index (χ3n) is 2.56. The van der Waals surface area contributed by atoms with Crippen LogP contribution in [0.3, 0.4) is 0 Å². The van der Waals surface area contributed by atoms with Crippen molar-refractivity contribution >= 4 is 17.1 Å². The van der Waals surface area contributed by atoms with Crippen LogP contribution in [-0.2, 0) is 0 Å². The van der Waals surface area contributed by atoms with Crippen molar-refractivity contribution in [1.82, 2.24) is 19.5 Å². The molecule has 0 fully saturated rings. The summed E-state index contributed by atoms with van der Waals surface area (Å²) < 4.78 is 1.88. The van der Waals surface area contributed by atoms with Crippen molar-refractivity contribution in [2.24, 2.45) is 0 Å². The van der Waals surface area contributed by atoms with Crippen LogP contribution in [0.1, 0.15) is 12.6 Å². The van der Waals surface area contributed by atoms with Gasteiger partial charge in [0.2, 0.25) is 5.95 Å². The van der Waals surface area contributed by atoms with Gasteiger partial charge < -0.3 is 4.98 Å².